The number of hydrogen-bond donors (Lipinski definition) is 2. The molecule has 0 atom stereocenters. The standard InChI is InChI=1S/C13H14N4O2S2/c14-13(20)12-11(5-3-8-16-12)21(18,19)17-9-6-10-4-1-2-7-15-10/h1-5,7-8,17H,6,9H2,(H2,14,20). The van der Waals surface area contributed by atoms with E-state index in [-0.39, 0.29) is 22.1 Å². The average molecular weight is 322 g/mol. The van der Waals surface area contributed by atoms with Crippen LogP contribution in [-0.4, -0.2) is 29.9 Å². The van der Waals surface area contributed by atoms with Crippen LogP contribution in [0.25, 0.3) is 0 Å². The van der Waals surface area contributed by atoms with Gasteiger partial charge in [-0.1, -0.05) is 18.3 Å². The zero-order valence-electron chi connectivity index (χ0n) is 11.1. The lowest BCUT2D eigenvalue weighted by Crippen LogP contribution is -2.29. The highest BCUT2D eigenvalue weighted by Gasteiger charge is 2.20. The van der Waals surface area contributed by atoms with Crippen molar-refractivity contribution >= 4 is 27.2 Å². The Morgan fingerprint density at radius 3 is 2.62 bits per heavy atom. The molecule has 6 nitrogen and oxygen atoms in total. The minimum Gasteiger partial charge on any atom is -0.388 e. The topological polar surface area (TPSA) is 98.0 Å². The summed E-state index contributed by atoms with van der Waals surface area (Å²) >= 11 is 4.82. The molecule has 0 aliphatic heterocycles. The van der Waals surface area contributed by atoms with Gasteiger partial charge in [0.25, 0.3) is 0 Å². The Morgan fingerprint density at radius 1 is 1.19 bits per heavy atom. The highest BCUT2D eigenvalue weighted by atomic mass is 32.2. The van der Waals surface area contributed by atoms with Gasteiger partial charge in [-0.3, -0.25) is 9.97 Å². The van der Waals surface area contributed by atoms with E-state index in [1.807, 2.05) is 12.1 Å². The Morgan fingerprint density at radius 2 is 1.95 bits per heavy atom. The number of rotatable bonds is 6. The van der Waals surface area contributed by atoms with Crippen LogP contribution >= 0.6 is 12.2 Å². The Bertz CT molecular complexity index is 733. The van der Waals surface area contributed by atoms with Crippen molar-refractivity contribution in [3.05, 3.63) is 54.1 Å². The van der Waals surface area contributed by atoms with Crippen LogP contribution in [0.15, 0.2) is 47.6 Å². The van der Waals surface area contributed by atoms with E-state index >= 15 is 0 Å². The second kappa shape index (κ2) is 6.70. The van der Waals surface area contributed by atoms with Crippen LogP contribution in [0.4, 0.5) is 0 Å². The molecule has 0 radical (unpaired) electrons. The van der Waals surface area contributed by atoms with Crippen molar-refractivity contribution in [3.63, 3.8) is 0 Å². The molecule has 21 heavy (non-hydrogen) atoms. The minimum atomic E-state index is -3.71. The molecule has 2 aromatic rings. The van der Waals surface area contributed by atoms with Gasteiger partial charge in [-0.15, -0.1) is 0 Å². The molecule has 2 heterocycles. The Labute approximate surface area is 128 Å². The van der Waals surface area contributed by atoms with Gasteiger partial charge in [0.2, 0.25) is 10.0 Å². The molecular weight excluding hydrogens is 308 g/mol. The molecule has 8 heteroatoms. The molecule has 0 aliphatic rings. The number of hydrogen-bond acceptors (Lipinski definition) is 5. The van der Waals surface area contributed by atoms with E-state index in [0.29, 0.717) is 6.42 Å². The molecule has 2 aromatic heterocycles. The van der Waals surface area contributed by atoms with Crippen LogP contribution in [-0.2, 0) is 16.4 Å². The molecule has 0 saturated heterocycles. The van der Waals surface area contributed by atoms with Gasteiger partial charge < -0.3 is 5.73 Å². The number of pyridine rings is 2. The van der Waals surface area contributed by atoms with E-state index in [0.717, 1.165) is 5.69 Å². The number of nitrogens with two attached hydrogens (primary N) is 1. The summed E-state index contributed by atoms with van der Waals surface area (Å²) in [7, 11) is -3.71. The zero-order valence-corrected chi connectivity index (χ0v) is 12.7. The van der Waals surface area contributed by atoms with E-state index < -0.39 is 10.0 Å². The van der Waals surface area contributed by atoms with E-state index in [1.165, 1.54) is 18.3 Å². The third-order valence-corrected chi connectivity index (χ3v) is 4.38. The third kappa shape index (κ3) is 4.03. The van der Waals surface area contributed by atoms with E-state index in [4.69, 9.17) is 18.0 Å². The number of nitrogens with zero attached hydrogens (tertiary/aromatic N) is 2. The Kier molecular flexibility index (Phi) is 4.94. The van der Waals surface area contributed by atoms with Crippen LogP contribution < -0.4 is 10.5 Å². The lowest BCUT2D eigenvalue weighted by Gasteiger charge is -2.09. The van der Waals surface area contributed by atoms with Crippen LogP contribution in [0.1, 0.15) is 11.4 Å². The third-order valence-electron chi connectivity index (χ3n) is 2.69. The summed E-state index contributed by atoms with van der Waals surface area (Å²) in [5.74, 6) is 0. The first-order chi connectivity index (χ1) is 10.0. The predicted molar refractivity (Wildman–Crippen MR) is 83.3 cm³/mol. The van der Waals surface area contributed by atoms with Crippen molar-refractivity contribution < 1.29 is 8.42 Å². The van der Waals surface area contributed by atoms with Gasteiger partial charge in [0.1, 0.15) is 15.6 Å². The molecule has 0 fully saturated rings. The highest BCUT2D eigenvalue weighted by Crippen LogP contribution is 2.12. The van der Waals surface area contributed by atoms with Crippen molar-refractivity contribution in [2.75, 3.05) is 6.54 Å². The first-order valence-corrected chi connectivity index (χ1v) is 8.04. The van der Waals surface area contributed by atoms with Crippen molar-refractivity contribution in [3.8, 4) is 0 Å². The second-order valence-corrected chi connectivity index (χ2v) is 6.36. The fraction of sp³-hybridized carbons (Fsp3) is 0.154. The fourth-order valence-electron chi connectivity index (χ4n) is 1.73. The molecule has 3 N–H and O–H groups in total. The van der Waals surface area contributed by atoms with E-state index in [1.54, 1.807) is 12.3 Å². The molecular formula is C13H14N4O2S2. The summed E-state index contributed by atoms with van der Waals surface area (Å²) in [6.07, 6.45) is 3.60. The summed E-state index contributed by atoms with van der Waals surface area (Å²) in [6, 6.07) is 8.43. The SMILES string of the molecule is NC(=S)c1ncccc1S(=O)(=O)NCCc1ccccn1. The van der Waals surface area contributed by atoms with E-state index in [9.17, 15) is 8.42 Å². The summed E-state index contributed by atoms with van der Waals surface area (Å²) in [5, 5.41) is 0. The maximum absolute atomic E-state index is 12.3. The fourth-order valence-corrected chi connectivity index (χ4v) is 3.16. The smallest absolute Gasteiger partial charge is 0.242 e. The Balaban J connectivity index is 2.11. The first-order valence-electron chi connectivity index (χ1n) is 6.15. The van der Waals surface area contributed by atoms with Crippen LogP contribution in [0.5, 0.6) is 0 Å². The van der Waals surface area contributed by atoms with Crippen molar-refractivity contribution in [2.24, 2.45) is 5.73 Å². The van der Waals surface area contributed by atoms with Gasteiger partial charge in [0.15, 0.2) is 0 Å². The quantitative estimate of drug-likeness (QED) is 0.757. The number of sulfonamides is 1. The average Bonchev–Trinajstić information content (AvgIpc) is 2.48. The Hall–Kier alpha value is -1.90. The highest BCUT2D eigenvalue weighted by molar-refractivity contribution is 7.89. The predicted octanol–water partition coefficient (Wildman–Crippen LogP) is 0.632. The second-order valence-electron chi connectivity index (χ2n) is 4.18. The largest absolute Gasteiger partial charge is 0.388 e. The lowest BCUT2D eigenvalue weighted by molar-refractivity contribution is 0.580. The monoisotopic (exact) mass is 322 g/mol. The maximum atomic E-state index is 12.3. The molecule has 0 unspecified atom stereocenters. The molecule has 2 rings (SSSR count). The normalized spacial score (nSPS) is 11.2. The van der Waals surface area contributed by atoms with Gasteiger partial charge in [0, 0.05) is 31.1 Å². The van der Waals surface area contributed by atoms with Gasteiger partial charge in [-0.05, 0) is 24.3 Å². The molecule has 0 aromatic carbocycles. The maximum Gasteiger partial charge on any atom is 0.242 e. The summed E-state index contributed by atoms with van der Waals surface area (Å²) in [4.78, 5) is 7.97. The number of nitrogens with one attached hydrogen (secondary N) is 1. The first kappa shape index (κ1) is 15.5. The van der Waals surface area contributed by atoms with Crippen LogP contribution in [0, 0.1) is 0 Å². The summed E-state index contributed by atoms with van der Waals surface area (Å²) < 4.78 is 27.0. The van der Waals surface area contributed by atoms with Gasteiger partial charge in [0.05, 0.1) is 0 Å². The molecule has 0 amide bonds. The van der Waals surface area contributed by atoms with Crippen LogP contribution in [0.2, 0.25) is 0 Å². The zero-order chi connectivity index (χ0) is 15.3. The molecule has 0 aliphatic carbocycles. The van der Waals surface area contributed by atoms with Gasteiger partial charge in [-0.25, -0.2) is 13.1 Å². The van der Waals surface area contributed by atoms with Crippen molar-refractivity contribution in [1.82, 2.24) is 14.7 Å². The van der Waals surface area contributed by atoms with Gasteiger partial charge >= 0.3 is 0 Å². The molecule has 110 valence electrons. The summed E-state index contributed by atoms with van der Waals surface area (Å²) in [5.41, 5.74) is 6.40. The van der Waals surface area contributed by atoms with Crippen molar-refractivity contribution in [1.29, 1.82) is 0 Å². The van der Waals surface area contributed by atoms with Crippen molar-refractivity contribution in [2.45, 2.75) is 11.3 Å². The number of aromatic nitrogens is 2. The minimum absolute atomic E-state index is 0.0153. The lowest BCUT2D eigenvalue weighted by atomic mass is 10.3. The number of thiocarbonyl (C=S) groups is 1. The molecule has 0 spiro atoms. The summed E-state index contributed by atoms with van der Waals surface area (Å²) in [6.45, 7) is 0.227. The molecule has 0 bridgehead atoms. The van der Waals surface area contributed by atoms with Gasteiger partial charge in [-0.2, -0.15) is 0 Å². The van der Waals surface area contributed by atoms with E-state index in [2.05, 4.69) is 14.7 Å². The van der Waals surface area contributed by atoms with Crippen LogP contribution in [0.3, 0.4) is 0 Å². The molecule has 0 saturated carbocycles.